The molecule has 2 aromatic heterocycles. The van der Waals surface area contributed by atoms with Gasteiger partial charge < -0.3 is 14.9 Å². The maximum atomic E-state index is 5.51. The van der Waals surface area contributed by atoms with E-state index in [1.807, 2.05) is 41.1 Å². The third-order valence-corrected chi connectivity index (χ3v) is 2.84. The van der Waals surface area contributed by atoms with Gasteiger partial charge in [0.2, 0.25) is 0 Å². The molecule has 0 atom stereocenters. The molecule has 0 aliphatic carbocycles. The van der Waals surface area contributed by atoms with Gasteiger partial charge in [-0.25, -0.2) is 9.97 Å². The second kappa shape index (κ2) is 5.79. The molecule has 98 valence electrons. The van der Waals surface area contributed by atoms with Crippen molar-refractivity contribution >= 4 is 0 Å². The Labute approximate surface area is 107 Å². The minimum Gasteiger partial charge on any atom is -0.337 e. The Balaban J connectivity index is 1.90. The second-order valence-electron chi connectivity index (χ2n) is 4.52. The van der Waals surface area contributed by atoms with Crippen molar-refractivity contribution in [3.05, 3.63) is 36.4 Å². The van der Waals surface area contributed by atoms with Crippen LogP contribution in [-0.4, -0.2) is 37.6 Å². The molecule has 18 heavy (non-hydrogen) atoms. The van der Waals surface area contributed by atoms with Crippen molar-refractivity contribution in [3.8, 4) is 0 Å². The Bertz CT molecular complexity index is 486. The average molecular weight is 248 g/mol. The number of hydrogen-bond donors (Lipinski definition) is 1. The topological polar surface area (TPSA) is 64.9 Å². The van der Waals surface area contributed by atoms with Gasteiger partial charge in [0.1, 0.15) is 5.82 Å². The van der Waals surface area contributed by atoms with Gasteiger partial charge in [-0.1, -0.05) is 0 Å². The van der Waals surface area contributed by atoms with Crippen LogP contribution >= 0.6 is 0 Å². The quantitative estimate of drug-likeness (QED) is 0.793. The largest absolute Gasteiger partial charge is 0.337 e. The van der Waals surface area contributed by atoms with Gasteiger partial charge in [-0.2, -0.15) is 0 Å². The molecule has 0 unspecified atom stereocenters. The molecule has 2 rings (SSSR count). The van der Waals surface area contributed by atoms with Crippen molar-refractivity contribution < 1.29 is 0 Å². The number of rotatable bonds is 6. The maximum Gasteiger partial charge on any atom is 0.122 e. The Hall–Kier alpha value is -1.66. The number of nitrogens with two attached hydrogens (primary N) is 1. The van der Waals surface area contributed by atoms with E-state index in [0.717, 1.165) is 31.2 Å². The lowest BCUT2D eigenvalue weighted by molar-refractivity contribution is 0.303. The zero-order valence-electron chi connectivity index (χ0n) is 11.0. The third-order valence-electron chi connectivity index (χ3n) is 2.84. The van der Waals surface area contributed by atoms with Gasteiger partial charge in [-0.05, 0) is 7.05 Å². The average Bonchev–Trinajstić information content (AvgIpc) is 2.90. The van der Waals surface area contributed by atoms with Crippen molar-refractivity contribution in [1.82, 2.24) is 24.0 Å². The molecule has 2 heterocycles. The lowest BCUT2D eigenvalue weighted by atomic mass is 10.4. The van der Waals surface area contributed by atoms with Gasteiger partial charge in [0.05, 0.1) is 18.6 Å². The van der Waals surface area contributed by atoms with Gasteiger partial charge >= 0.3 is 0 Å². The van der Waals surface area contributed by atoms with E-state index in [1.165, 1.54) is 0 Å². The summed E-state index contributed by atoms with van der Waals surface area (Å²) in [6.07, 6.45) is 7.65. The highest BCUT2D eigenvalue weighted by atomic mass is 15.2. The highest BCUT2D eigenvalue weighted by molar-refractivity contribution is 4.97. The molecule has 6 nitrogen and oxygen atoms in total. The number of aromatic nitrogens is 4. The number of imidazole rings is 2. The first-order valence-electron chi connectivity index (χ1n) is 6.04. The van der Waals surface area contributed by atoms with Crippen molar-refractivity contribution in [3.63, 3.8) is 0 Å². The molecule has 2 N–H and O–H groups in total. The molecule has 0 amide bonds. The fraction of sp³-hybridized carbons (Fsp3) is 0.500. The first-order valence-corrected chi connectivity index (χ1v) is 6.04. The third kappa shape index (κ3) is 3.18. The minimum absolute atomic E-state index is 0.638. The van der Waals surface area contributed by atoms with E-state index in [0.29, 0.717) is 6.54 Å². The maximum absolute atomic E-state index is 5.51. The van der Waals surface area contributed by atoms with Crippen LogP contribution in [0.2, 0.25) is 0 Å². The van der Waals surface area contributed by atoms with Crippen LogP contribution < -0.4 is 5.73 Å². The van der Waals surface area contributed by atoms with E-state index >= 15 is 0 Å². The van der Waals surface area contributed by atoms with E-state index < -0.39 is 0 Å². The molecule has 0 aliphatic rings. The lowest BCUT2D eigenvalue weighted by Crippen LogP contribution is -2.19. The zero-order chi connectivity index (χ0) is 13.0. The number of hydrogen-bond acceptors (Lipinski definition) is 4. The summed E-state index contributed by atoms with van der Waals surface area (Å²) in [4.78, 5) is 10.9. The van der Waals surface area contributed by atoms with Gasteiger partial charge in [-0.15, -0.1) is 0 Å². The Morgan fingerprint density at radius 2 is 2.17 bits per heavy atom. The lowest BCUT2D eigenvalue weighted by Gasteiger charge is -2.14. The molecule has 6 heteroatoms. The van der Waals surface area contributed by atoms with E-state index in [1.54, 1.807) is 0 Å². The van der Waals surface area contributed by atoms with Crippen molar-refractivity contribution in [2.24, 2.45) is 12.8 Å². The SMILES string of the molecule is CN(Cc1cn(CCN)cn1)Cc1nccn1C. The first-order chi connectivity index (χ1) is 8.69. The predicted octanol–water partition coefficient (Wildman–Crippen LogP) is 0.207. The van der Waals surface area contributed by atoms with Gasteiger partial charge in [-0.3, -0.25) is 4.90 Å². The van der Waals surface area contributed by atoms with Crippen LogP contribution in [0.1, 0.15) is 11.5 Å². The summed E-state index contributed by atoms with van der Waals surface area (Å²) in [5.41, 5.74) is 6.56. The molecular formula is C12H20N6. The molecule has 0 spiro atoms. The standard InChI is InChI=1S/C12H20N6/c1-16(9-12-14-4-6-17(12)2)7-11-8-18(5-3-13)10-15-11/h4,6,8,10H,3,5,7,9,13H2,1-2H3. The first kappa shape index (κ1) is 12.8. The summed E-state index contributed by atoms with van der Waals surface area (Å²) in [7, 11) is 4.07. The van der Waals surface area contributed by atoms with Crippen LogP contribution in [0.5, 0.6) is 0 Å². The summed E-state index contributed by atoms with van der Waals surface area (Å²) in [6.45, 7) is 3.08. The summed E-state index contributed by atoms with van der Waals surface area (Å²) in [6, 6.07) is 0. The van der Waals surface area contributed by atoms with E-state index in [4.69, 9.17) is 5.73 Å². The molecule has 0 radical (unpaired) electrons. The molecule has 0 aliphatic heterocycles. The zero-order valence-corrected chi connectivity index (χ0v) is 11.0. The smallest absolute Gasteiger partial charge is 0.122 e. The van der Waals surface area contributed by atoms with Crippen LogP contribution in [0, 0.1) is 0 Å². The number of nitrogens with zero attached hydrogens (tertiary/aromatic N) is 5. The van der Waals surface area contributed by atoms with Crippen LogP contribution in [0.25, 0.3) is 0 Å². The molecule has 0 aromatic carbocycles. The highest BCUT2D eigenvalue weighted by Gasteiger charge is 2.07. The van der Waals surface area contributed by atoms with Crippen molar-refractivity contribution in [1.29, 1.82) is 0 Å². The summed E-state index contributed by atoms with van der Waals surface area (Å²) < 4.78 is 4.05. The Morgan fingerprint density at radius 1 is 1.33 bits per heavy atom. The normalized spacial score (nSPS) is 11.3. The monoisotopic (exact) mass is 248 g/mol. The fourth-order valence-electron chi connectivity index (χ4n) is 1.88. The van der Waals surface area contributed by atoms with E-state index in [9.17, 15) is 0 Å². The minimum atomic E-state index is 0.638. The second-order valence-corrected chi connectivity index (χ2v) is 4.52. The van der Waals surface area contributed by atoms with Crippen LogP contribution in [0.4, 0.5) is 0 Å². The van der Waals surface area contributed by atoms with Crippen molar-refractivity contribution in [2.75, 3.05) is 13.6 Å². The van der Waals surface area contributed by atoms with Crippen LogP contribution in [0.3, 0.4) is 0 Å². The molecule has 0 fully saturated rings. The highest BCUT2D eigenvalue weighted by Crippen LogP contribution is 2.04. The Morgan fingerprint density at radius 3 is 2.83 bits per heavy atom. The summed E-state index contributed by atoms with van der Waals surface area (Å²) in [5, 5.41) is 0. The van der Waals surface area contributed by atoms with Gasteiger partial charge in [0.15, 0.2) is 0 Å². The van der Waals surface area contributed by atoms with Crippen LogP contribution in [-0.2, 0) is 26.7 Å². The molecule has 2 aromatic rings. The Kier molecular flexibility index (Phi) is 4.11. The van der Waals surface area contributed by atoms with E-state index in [-0.39, 0.29) is 0 Å². The fourth-order valence-corrected chi connectivity index (χ4v) is 1.88. The van der Waals surface area contributed by atoms with Crippen molar-refractivity contribution in [2.45, 2.75) is 19.6 Å². The molecule has 0 saturated carbocycles. The summed E-state index contributed by atoms with van der Waals surface area (Å²) >= 11 is 0. The van der Waals surface area contributed by atoms with Gasteiger partial charge in [0, 0.05) is 45.3 Å². The van der Waals surface area contributed by atoms with E-state index in [2.05, 4.69) is 21.9 Å². The molecular weight excluding hydrogens is 228 g/mol. The predicted molar refractivity (Wildman–Crippen MR) is 69.7 cm³/mol. The number of aryl methyl sites for hydroxylation is 1. The van der Waals surface area contributed by atoms with Gasteiger partial charge in [0.25, 0.3) is 0 Å². The van der Waals surface area contributed by atoms with Crippen LogP contribution in [0.15, 0.2) is 24.9 Å². The molecule has 0 bridgehead atoms. The molecule has 0 saturated heterocycles. The summed E-state index contributed by atoms with van der Waals surface area (Å²) in [5.74, 6) is 1.05.